The highest BCUT2D eigenvalue weighted by molar-refractivity contribution is 7.99. The summed E-state index contributed by atoms with van der Waals surface area (Å²) in [6.45, 7) is 1.59. The van der Waals surface area contributed by atoms with Crippen LogP contribution in [0.25, 0.3) is 10.9 Å². The first-order valence-electron chi connectivity index (χ1n) is 10.7. The summed E-state index contributed by atoms with van der Waals surface area (Å²) in [5, 5.41) is 1.03. The molecule has 0 spiro atoms. The summed E-state index contributed by atoms with van der Waals surface area (Å²) in [4.78, 5) is 29.9. The molecule has 1 aliphatic heterocycles. The third kappa shape index (κ3) is 5.48. The highest BCUT2D eigenvalue weighted by Gasteiger charge is 2.21. The molecule has 174 valence electrons. The van der Waals surface area contributed by atoms with Crippen molar-refractivity contribution in [3.63, 3.8) is 0 Å². The zero-order chi connectivity index (χ0) is 23.2. The van der Waals surface area contributed by atoms with Crippen molar-refractivity contribution < 1.29 is 23.7 Å². The first-order chi connectivity index (χ1) is 16.1. The van der Waals surface area contributed by atoms with Gasteiger partial charge in [-0.2, -0.15) is 0 Å². The van der Waals surface area contributed by atoms with Gasteiger partial charge in [0.25, 0.3) is 5.56 Å². The van der Waals surface area contributed by atoms with E-state index in [-0.39, 0.29) is 11.7 Å². The van der Waals surface area contributed by atoms with E-state index in [0.717, 1.165) is 24.3 Å². The summed E-state index contributed by atoms with van der Waals surface area (Å²) in [7, 11) is 2.94. The molecule has 2 heterocycles. The van der Waals surface area contributed by atoms with Gasteiger partial charge in [0.1, 0.15) is 11.5 Å². The number of methoxy groups -OCH3 is 2. The van der Waals surface area contributed by atoms with Gasteiger partial charge in [0.05, 0.1) is 49.9 Å². The molecule has 8 nitrogen and oxygen atoms in total. The lowest BCUT2D eigenvalue weighted by Crippen LogP contribution is -2.29. The number of benzene rings is 2. The molecule has 0 aliphatic carbocycles. The number of ether oxygens (including phenoxy) is 4. The predicted octanol–water partition coefficient (Wildman–Crippen LogP) is 3.54. The Morgan fingerprint density at radius 1 is 1.18 bits per heavy atom. The number of esters is 1. The summed E-state index contributed by atoms with van der Waals surface area (Å²) in [5.41, 5.74) is 0.670. The zero-order valence-electron chi connectivity index (χ0n) is 18.6. The molecule has 4 rings (SSSR count). The van der Waals surface area contributed by atoms with Crippen molar-refractivity contribution in [3.05, 3.63) is 58.4 Å². The van der Waals surface area contributed by atoms with Crippen LogP contribution in [0.5, 0.6) is 11.5 Å². The Morgan fingerprint density at radius 2 is 1.97 bits per heavy atom. The normalized spacial score (nSPS) is 15.5. The highest BCUT2D eigenvalue weighted by Crippen LogP contribution is 2.23. The van der Waals surface area contributed by atoms with Gasteiger partial charge in [0.2, 0.25) is 0 Å². The average molecular weight is 471 g/mol. The second kappa shape index (κ2) is 10.7. The van der Waals surface area contributed by atoms with Gasteiger partial charge in [-0.1, -0.05) is 11.8 Å². The van der Waals surface area contributed by atoms with Crippen LogP contribution in [-0.4, -0.2) is 54.8 Å². The van der Waals surface area contributed by atoms with Crippen molar-refractivity contribution >= 4 is 28.6 Å². The van der Waals surface area contributed by atoms with Gasteiger partial charge < -0.3 is 18.9 Å². The van der Waals surface area contributed by atoms with Crippen molar-refractivity contribution in [1.82, 2.24) is 9.55 Å². The third-order valence-corrected chi connectivity index (χ3v) is 6.33. The second-order valence-electron chi connectivity index (χ2n) is 7.54. The topological polar surface area (TPSA) is 88.9 Å². The van der Waals surface area contributed by atoms with E-state index in [4.69, 9.17) is 23.9 Å². The Kier molecular flexibility index (Phi) is 7.51. The fourth-order valence-electron chi connectivity index (χ4n) is 3.67. The lowest BCUT2D eigenvalue weighted by Gasteiger charge is -2.17. The maximum absolute atomic E-state index is 13.3. The maximum Gasteiger partial charge on any atom is 0.337 e. The summed E-state index contributed by atoms with van der Waals surface area (Å²) in [5.74, 6) is 1.62. The molecule has 1 fully saturated rings. The Balaban J connectivity index is 1.55. The molecule has 3 aromatic rings. The van der Waals surface area contributed by atoms with Crippen LogP contribution in [0.15, 0.2) is 52.4 Å². The largest absolute Gasteiger partial charge is 0.497 e. The molecule has 1 unspecified atom stereocenters. The standard InChI is InChI=1S/C24H26N2O6S/c1-29-17-6-8-18(9-7-17)32-12-13-33-24-25-21-14-16(23(28)30-2)5-10-20(21)22(27)26(24)15-19-4-3-11-31-19/h5-10,14,19H,3-4,11-13,15H2,1-2H3. The Labute approximate surface area is 195 Å². The van der Waals surface area contributed by atoms with Crippen LogP contribution in [0, 0.1) is 0 Å². The van der Waals surface area contributed by atoms with Crippen molar-refractivity contribution in [2.75, 3.05) is 33.2 Å². The van der Waals surface area contributed by atoms with E-state index in [1.165, 1.54) is 18.9 Å². The van der Waals surface area contributed by atoms with Crippen LogP contribution in [0.3, 0.4) is 0 Å². The van der Waals surface area contributed by atoms with Gasteiger partial charge in [-0.3, -0.25) is 9.36 Å². The van der Waals surface area contributed by atoms with Gasteiger partial charge in [-0.25, -0.2) is 9.78 Å². The minimum atomic E-state index is -0.468. The molecule has 0 bridgehead atoms. The molecule has 1 atom stereocenters. The van der Waals surface area contributed by atoms with Crippen molar-refractivity contribution in [1.29, 1.82) is 0 Å². The molecule has 0 saturated carbocycles. The van der Waals surface area contributed by atoms with E-state index in [1.54, 1.807) is 29.9 Å². The number of aromatic nitrogens is 2. The van der Waals surface area contributed by atoms with E-state index in [1.807, 2.05) is 24.3 Å². The SMILES string of the molecule is COC(=O)c1ccc2c(=O)n(CC3CCCO3)c(SCCOc3ccc(OC)cc3)nc2c1. The molecule has 0 radical (unpaired) electrons. The number of hydrogen-bond acceptors (Lipinski definition) is 8. The fraction of sp³-hybridized carbons (Fsp3) is 0.375. The number of fused-ring (bicyclic) bond motifs is 1. The Hall–Kier alpha value is -3.04. The first-order valence-corrected chi connectivity index (χ1v) is 11.7. The number of carbonyl (C=O) groups excluding carboxylic acids is 1. The monoisotopic (exact) mass is 470 g/mol. The molecule has 2 aromatic carbocycles. The van der Waals surface area contributed by atoms with Gasteiger partial charge in [0, 0.05) is 12.4 Å². The minimum absolute atomic E-state index is 0.00816. The third-order valence-electron chi connectivity index (χ3n) is 5.39. The molecule has 0 N–H and O–H groups in total. The van der Waals surface area contributed by atoms with Crippen LogP contribution in [0.4, 0.5) is 0 Å². The number of rotatable bonds is 9. The Bertz CT molecular complexity index is 1170. The van der Waals surface area contributed by atoms with E-state index in [0.29, 0.717) is 47.1 Å². The molecule has 1 saturated heterocycles. The van der Waals surface area contributed by atoms with E-state index < -0.39 is 5.97 Å². The van der Waals surface area contributed by atoms with E-state index in [9.17, 15) is 9.59 Å². The van der Waals surface area contributed by atoms with Crippen molar-refractivity contribution in [2.45, 2.75) is 30.6 Å². The molecular weight excluding hydrogens is 444 g/mol. The van der Waals surface area contributed by atoms with Gasteiger partial charge in [-0.15, -0.1) is 0 Å². The quantitative estimate of drug-likeness (QED) is 0.203. The second-order valence-corrected chi connectivity index (χ2v) is 8.60. The summed E-state index contributed by atoms with van der Waals surface area (Å²) < 4.78 is 23.2. The molecule has 0 amide bonds. The van der Waals surface area contributed by atoms with Crippen molar-refractivity contribution in [3.8, 4) is 11.5 Å². The Morgan fingerprint density at radius 3 is 2.67 bits per heavy atom. The lowest BCUT2D eigenvalue weighted by molar-refractivity contribution is 0.0601. The van der Waals surface area contributed by atoms with Gasteiger partial charge in [-0.05, 0) is 55.3 Å². The minimum Gasteiger partial charge on any atom is -0.497 e. The van der Waals surface area contributed by atoms with Crippen LogP contribution in [0.1, 0.15) is 23.2 Å². The van der Waals surface area contributed by atoms with Crippen LogP contribution < -0.4 is 15.0 Å². The van der Waals surface area contributed by atoms with Crippen molar-refractivity contribution in [2.24, 2.45) is 0 Å². The van der Waals surface area contributed by atoms with Gasteiger partial charge >= 0.3 is 5.97 Å². The summed E-state index contributed by atoms with van der Waals surface area (Å²) in [6.07, 6.45) is 1.89. The van der Waals surface area contributed by atoms with E-state index >= 15 is 0 Å². The fourth-order valence-corrected chi connectivity index (χ4v) is 4.50. The van der Waals surface area contributed by atoms with E-state index in [2.05, 4.69) is 0 Å². The molecular formula is C24H26N2O6S. The number of carbonyl (C=O) groups is 1. The number of hydrogen-bond donors (Lipinski definition) is 0. The number of nitrogens with zero attached hydrogens (tertiary/aromatic N) is 2. The smallest absolute Gasteiger partial charge is 0.337 e. The van der Waals surface area contributed by atoms with Crippen LogP contribution >= 0.6 is 11.8 Å². The maximum atomic E-state index is 13.3. The summed E-state index contributed by atoms with van der Waals surface area (Å²) in [6, 6.07) is 12.2. The van der Waals surface area contributed by atoms with Gasteiger partial charge in [0.15, 0.2) is 5.16 Å². The lowest BCUT2D eigenvalue weighted by atomic mass is 10.1. The highest BCUT2D eigenvalue weighted by atomic mass is 32.2. The first kappa shape index (κ1) is 23.1. The molecule has 9 heteroatoms. The molecule has 33 heavy (non-hydrogen) atoms. The van der Waals surface area contributed by atoms with Crippen LogP contribution in [-0.2, 0) is 16.0 Å². The molecule has 1 aliphatic rings. The summed E-state index contributed by atoms with van der Waals surface area (Å²) >= 11 is 1.44. The average Bonchev–Trinajstić information content (AvgIpc) is 3.37. The zero-order valence-corrected chi connectivity index (χ0v) is 19.4. The van der Waals surface area contributed by atoms with Crippen LogP contribution in [0.2, 0.25) is 0 Å². The predicted molar refractivity (Wildman–Crippen MR) is 126 cm³/mol. The molecule has 1 aromatic heterocycles. The number of thioether (sulfide) groups is 1.